The van der Waals surface area contributed by atoms with Crippen LogP contribution >= 0.6 is 0 Å². The molecule has 1 saturated heterocycles. The van der Waals surface area contributed by atoms with Gasteiger partial charge in [0.1, 0.15) is 11.1 Å². The highest BCUT2D eigenvalue weighted by Gasteiger charge is 2.24. The predicted octanol–water partition coefficient (Wildman–Crippen LogP) is 2.85. The number of rotatable bonds is 7. The normalized spacial score (nSPS) is 19.2. The van der Waals surface area contributed by atoms with Crippen molar-refractivity contribution in [3.8, 4) is 0 Å². The van der Waals surface area contributed by atoms with Crippen molar-refractivity contribution in [3.63, 3.8) is 0 Å². The SMILES string of the molecule is O=C(NC1CCCCCCC1)c1cn(CCc2ccccn2)cc(C(=O)NC2CCOC2)c1=O. The number of pyridine rings is 2. The van der Waals surface area contributed by atoms with Crippen molar-refractivity contribution in [1.82, 2.24) is 20.2 Å². The summed E-state index contributed by atoms with van der Waals surface area (Å²) in [6, 6.07) is 5.64. The smallest absolute Gasteiger partial charge is 0.257 e. The summed E-state index contributed by atoms with van der Waals surface area (Å²) in [7, 11) is 0. The number of hydrogen-bond donors (Lipinski definition) is 2. The summed E-state index contributed by atoms with van der Waals surface area (Å²) in [6.07, 6.45) is 13.7. The monoisotopic (exact) mass is 466 g/mol. The predicted molar refractivity (Wildman–Crippen MR) is 129 cm³/mol. The van der Waals surface area contributed by atoms with Gasteiger partial charge >= 0.3 is 0 Å². The molecular weight excluding hydrogens is 432 g/mol. The average molecular weight is 467 g/mol. The standard InChI is InChI=1S/C26H34N4O4/c31-24-22(25(32)28-20-9-4-2-1-3-5-10-20)16-30(14-11-19-8-6-7-13-27-19)17-23(24)26(33)29-21-12-15-34-18-21/h6-8,13,16-17,20-21H,1-5,9-12,14-15,18H2,(H,28,32)(H,29,33). The Bertz CT molecular complexity index is 1020. The maximum atomic E-state index is 13.2. The largest absolute Gasteiger partial charge is 0.379 e. The maximum absolute atomic E-state index is 13.2. The number of aryl methyl sites for hydroxylation is 2. The van der Waals surface area contributed by atoms with Gasteiger partial charge in [0.15, 0.2) is 0 Å². The molecule has 2 aromatic rings. The lowest BCUT2D eigenvalue weighted by molar-refractivity contribution is 0.0927. The van der Waals surface area contributed by atoms with E-state index in [4.69, 9.17) is 4.74 Å². The molecule has 8 heteroatoms. The molecule has 2 amide bonds. The molecule has 2 fully saturated rings. The lowest BCUT2D eigenvalue weighted by Crippen LogP contribution is -2.41. The third-order valence-electron chi connectivity index (χ3n) is 6.63. The van der Waals surface area contributed by atoms with Gasteiger partial charge in [-0.3, -0.25) is 19.4 Å². The van der Waals surface area contributed by atoms with E-state index < -0.39 is 17.2 Å². The number of aromatic nitrogens is 2. The van der Waals surface area contributed by atoms with E-state index in [0.29, 0.717) is 32.6 Å². The Morgan fingerprint density at radius 2 is 1.62 bits per heavy atom. The summed E-state index contributed by atoms with van der Waals surface area (Å²) >= 11 is 0. The highest BCUT2D eigenvalue weighted by atomic mass is 16.5. The van der Waals surface area contributed by atoms with Crippen molar-refractivity contribution in [2.45, 2.75) is 76.4 Å². The lowest BCUT2D eigenvalue weighted by atomic mass is 9.96. The van der Waals surface area contributed by atoms with Crippen molar-refractivity contribution in [2.75, 3.05) is 13.2 Å². The number of ether oxygens (including phenoxy) is 1. The summed E-state index contributed by atoms with van der Waals surface area (Å²) in [5.74, 6) is -0.867. The van der Waals surface area contributed by atoms with Crippen LogP contribution in [0.4, 0.5) is 0 Å². The zero-order valence-corrected chi connectivity index (χ0v) is 19.6. The second-order valence-corrected chi connectivity index (χ2v) is 9.27. The van der Waals surface area contributed by atoms with E-state index in [0.717, 1.165) is 31.4 Å². The number of amides is 2. The van der Waals surface area contributed by atoms with Gasteiger partial charge in [-0.15, -0.1) is 0 Å². The van der Waals surface area contributed by atoms with E-state index in [-0.39, 0.29) is 23.2 Å². The number of nitrogens with one attached hydrogen (secondary N) is 2. The van der Waals surface area contributed by atoms with Crippen LogP contribution in [0.15, 0.2) is 41.6 Å². The van der Waals surface area contributed by atoms with Gasteiger partial charge in [-0.05, 0) is 31.4 Å². The molecule has 3 heterocycles. The third-order valence-corrected chi connectivity index (χ3v) is 6.63. The molecule has 2 aromatic heterocycles. The molecule has 2 N–H and O–H groups in total. The van der Waals surface area contributed by atoms with Gasteiger partial charge in [0.05, 0.1) is 12.6 Å². The van der Waals surface area contributed by atoms with Crippen LogP contribution in [0.5, 0.6) is 0 Å². The van der Waals surface area contributed by atoms with Crippen molar-refractivity contribution < 1.29 is 14.3 Å². The van der Waals surface area contributed by atoms with Crippen LogP contribution in [0.2, 0.25) is 0 Å². The van der Waals surface area contributed by atoms with Gasteiger partial charge in [0.25, 0.3) is 11.8 Å². The molecular formula is C26H34N4O4. The minimum atomic E-state index is -0.533. The van der Waals surface area contributed by atoms with Crippen LogP contribution in [0.25, 0.3) is 0 Å². The summed E-state index contributed by atoms with van der Waals surface area (Å²) in [6.45, 7) is 1.51. The first-order valence-corrected chi connectivity index (χ1v) is 12.4. The molecule has 182 valence electrons. The van der Waals surface area contributed by atoms with E-state index in [1.807, 2.05) is 18.2 Å². The fourth-order valence-electron chi connectivity index (χ4n) is 4.65. The van der Waals surface area contributed by atoms with E-state index in [9.17, 15) is 14.4 Å². The number of nitrogens with zero attached hydrogens (tertiary/aromatic N) is 2. The minimum absolute atomic E-state index is 0.0124. The molecule has 0 spiro atoms. The van der Waals surface area contributed by atoms with Gasteiger partial charge in [-0.2, -0.15) is 0 Å². The Labute approximate surface area is 200 Å². The van der Waals surface area contributed by atoms with Gasteiger partial charge in [0, 0.05) is 49.9 Å². The maximum Gasteiger partial charge on any atom is 0.257 e. The highest BCUT2D eigenvalue weighted by Crippen LogP contribution is 2.17. The second-order valence-electron chi connectivity index (χ2n) is 9.27. The van der Waals surface area contributed by atoms with Crippen molar-refractivity contribution in [3.05, 3.63) is 63.8 Å². The Morgan fingerprint density at radius 3 is 2.24 bits per heavy atom. The molecule has 1 aliphatic heterocycles. The molecule has 1 aliphatic carbocycles. The Balaban J connectivity index is 1.56. The zero-order chi connectivity index (χ0) is 23.8. The van der Waals surface area contributed by atoms with Gasteiger partial charge in [0.2, 0.25) is 5.43 Å². The summed E-state index contributed by atoms with van der Waals surface area (Å²) in [5, 5.41) is 5.95. The van der Waals surface area contributed by atoms with E-state index in [1.165, 1.54) is 19.3 Å². The molecule has 1 atom stereocenters. The van der Waals surface area contributed by atoms with Crippen molar-refractivity contribution >= 4 is 11.8 Å². The van der Waals surface area contributed by atoms with Crippen LogP contribution in [0, 0.1) is 0 Å². The van der Waals surface area contributed by atoms with Crippen molar-refractivity contribution in [1.29, 1.82) is 0 Å². The summed E-state index contributed by atoms with van der Waals surface area (Å²) in [5.41, 5.74) is 0.362. The number of hydrogen-bond acceptors (Lipinski definition) is 5. The summed E-state index contributed by atoms with van der Waals surface area (Å²) in [4.78, 5) is 43.7. The molecule has 1 unspecified atom stereocenters. The number of carbonyl (C=O) groups excluding carboxylic acids is 2. The molecule has 0 radical (unpaired) electrons. The van der Waals surface area contributed by atoms with E-state index in [2.05, 4.69) is 15.6 Å². The summed E-state index contributed by atoms with van der Waals surface area (Å²) < 4.78 is 7.09. The van der Waals surface area contributed by atoms with Crippen LogP contribution in [0.1, 0.15) is 77.8 Å². The van der Waals surface area contributed by atoms with E-state index in [1.54, 1.807) is 23.2 Å². The minimum Gasteiger partial charge on any atom is -0.379 e. The van der Waals surface area contributed by atoms with Crippen molar-refractivity contribution in [2.24, 2.45) is 0 Å². The van der Waals surface area contributed by atoms with E-state index >= 15 is 0 Å². The van der Waals surface area contributed by atoms with Crippen LogP contribution in [0.3, 0.4) is 0 Å². The Hall–Kier alpha value is -3.00. The Morgan fingerprint density at radius 1 is 0.941 bits per heavy atom. The molecule has 0 bridgehead atoms. The lowest BCUT2D eigenvalue weighted by Gasteiger charge is -2.21. The first-order chi connectivity index (χ1) is 16.6. The average Bonchev–Trinajstić information content (AvgIpc) is 3.33. The number of carbonyl (C=O) groups is 2. The fraction of sp³-hybridized carbons (Fsp3) is 0.538. The highest BCUT2D eigenvalue weighted by molar-refractivity contribution is 5.99. The quantitative estimate of drug-likeness (QED) is 0.653. The van der Waals surface area contributed by atoms with Gasteiger partial charge in [-0.25, -0.2) is 0 Å². The zero-order valence-electron chi connectivity index (χ0n) is 19.6. The van der Waals surface area contributed by atoms with Crippen LogP contribution in [-0.2, 0) is 17.7 Å². The van der Waals surface area contributed by atoms with Crippen LogP contribution < -0.4 is 16.1 Å². The van der Waals surface area contributed by atoms with Crippen LogP contribution in [-0.4, -0.2) is 46.7 Å². The third kappa shape index (κ3) is 6.53. The molecule has 2 aliphatic rings. The Kier molecular flexibility index (Phi) is 8.46. The molecule has 4 rings (SSSR count). The second kappa shape index (κ2) is 11.9. The van der Waals surface area contributed by atoms with Gasteiger partial charge < -0.3 is 19.9 Å². The topological polar surface area (TPSA) is 102 Å². The molecule has 1 saturated carbocycles. The molecule has 0 aromatic carbocycles. The molecule has 34 heavy (non-hydrogen) atoms. The first-order valence-electron chi connectivity index (χ1n) is 12.4. The fourth-order valence-corrected chi connectivity index (χ4v) is 4.65. The molecule has 8 nitrogen and oxygen atoms in total. The van der Waals surface area contributed by atoms with Gasteiger partial charge in [-0.1, -0.05) is 38.2 Å². The first kappa shape index (κ1) is 24.1.